The molecule has 104 valence electrons. The Kier molecular flexibility index (Phi) is 5.26. The van der Waals surface area contributed by atoms with Crippen molar-refractivity contribution < 1.29 is 4.79 Å². The van der Waals surface area contributed by atoms with Gasteiger partial charge in [0.1, 0.15) is 0 Å². The van der Waals surface area contributed by atoms with E-state index in [-0.39, 0.29) is 6.03 Å². The largest absolute Gasteiger partial charge is 0.336 e. The normalized spacial score (nSPS) is 21.7. The Bertz CT molecular complexity index is 266. The smallest absolute Gasteiger partial charge is 0.317 e. The van der Waals surface area contributed by atoms with Crippen LogP contribution in [0, 0.1) is 5.92 Å². The van der Waals surface area contributed by atoms with Crippen molar-refractivity contribution >= 4 is 6.03 Å². The van der Waals surface area contributed by atoms with Crippen molar-refractivity contribution in [2.24, 2.45) is 5.92 Å². The number of amides is 2. The van der Waals surface area contributed by atoms with Gasteiger partial charge in [-0.05, 0) is 38.4 Å². The summed E-state index contributed by atoms with van der Waals surface area (Å²) in [6.45, 7) is 10.4. The standard InChI is InChI=1S/C13H26N4O/c1-2-16(11-12-3-5-14-6-4-12)9-10-17-8-7-15-13(17)18/h12,14H,2-11H2,1H3,(H,15,18). The molecule has 0 aromatic carbocycles. The molecule has 0 spiro atoms. The van der Waals surface area contributed by atoms with Crippen LogP contribution in [0.2, 0.25) is 0 Å². The van der Waals surface area contributed by atoms with Crippen molar-refractivity contribution in [2.75, 3.05) is 52.4 Å². The molecule has 5 heteroatoms. The Morgan fingerprint density at radius 2 is 2.11 bits per heavy atom. The van der Waals surface area contributed by atoms with Crippen LogP contribution in [0.1, 0.15) is 19.8 Å². The predicted molar refractivity (Wildman–Crippen MR) is 72.7 cm³/mol. The van der Waals surface area contributed by atoms with Gasteiger partial charge in [-0.1, -0.05) is 6.92 Å². The van der Waals surface area contributed by atoms with Crippen molar-refractivity contribution in [1.29, 1.82) is 0 Å². The van der Waals surface area contributed by atoms with Crippen LogP contribution in [0.4, 0.5) is 4.79 Å². The zero-order valence-electron chi connectivity index (χ0n) is 11.5. The average molecular weight is 254 g/mol. The van der Waals surface area contributed by atoms with Crippen molar-refractivity contribution in [3.63, 3.8) is 0 Å². The van der Waals surface area contributed by atoms with Gasteiger partial charge in [-0.15, -0.1) is 0 Å². The summed E-state index contributed by atoms with van der Waals surface area (Å²) in [7, 11) is 0. The van der Waals surface area contributed by atoms with Crippen LogP contribution in [0.5, 0.6) is 0 Å². The Balaban J connectivity index is 1.69. The monoisotopic (exact) mass is 254 g/mol. The highest BCUT2D eigenvalue weighted by molar-refractivity contribution is 5.76. The Hall–Kier alpha value is -0.810. The van der Waals surface area contributed by atoms with Gasteiger partial charge in [0, 0.05) is 32.7 Å². The molecule has 2 aliphatic rings. The zero-order chi connectivity index (χ0) is 12.8. The number of urea groups is 1. The summed E-state index contributed by atoms with van der Waals surface area (Å²) in [6.07, 6.45) is 2.58. The fourth-order valence-corrected chi connectivity index (χ4v) is 2.79. The minimum atomic E-state index is 0.105. The molecule has 2 rings (SSSR count). The van der Waals surface area contributed by atoms with E-state index in [0.717, 1.165) is 51.7 Å². The number of nitrogens with zero attached hydrogens (tertiary/aromatic N) is 2. The maximum Gasteiger partial charge on any atom is 0.317 e. The van der Waals surface area contributed by atoms with Gasteiger partial charge in [0.2, 0.25) is 0 Å². The van der Waals surface area contributed by atoms with Gasteiger partial charge in [0.25, 0.3) is 0 Å². The quantitative estimate of drug-likeness (QED) is 0.718. The topological polar surface area (TPSA) is 47.6 Å². The van der Waals surface area contributed by atoms with Crippen molar-refractivity contribution in [1.82, 2.24) is 20.4 Å². The van der Waals surface area contributed by atoms with Crippen molar-refractivity contribution in [3.05, 3.63) is 0 Å². The molecule has 2 aliphatic heterocycles. The Morgan fingerprint density at radius 3 is 2.72 bits per heavy atom. The molecule has 0 radical (unpaired) electrons. The second-order valence-corrected chi connectivity index (χ2v) is 5.31. The van der Waals surface area contributed by atoms with Gasteiger partial charge in [-0.3, -0.25) is 0 Å². The summed E-state index contributed by atoms with van der Waals surface area (Å²) in [5.41, 5.74) is 0. The van der Waals surface area contributed by atoms with Crippen LogP contribution in [0.3, 0.4) is 0 Å². The number of carbonyl (C=O) groups is 1. The number of rotatable bonds is 6. The van der Waals surface area contributed by atoms with E-state index in [0.29, 0.717) is 0 Å². The Morgan fingerprint density at radius 1 is 1.33 bits per heavy atom. The lowest BCUT2D eigenvalue weighted by molar-refractivity contribution is 0.184. The fourth-order valence-electron chi connectivity index (χ4n) is 2.79. The van der Waals surface area contributed by atoms with Gasteiger partial charge >= 0.3 is 6.03 Å². The van der Waals surface area contributed by atoms with Gasteiger partial charge in [-0.25, -0.2) is 4.79 Å². The van der Waals surface area contributed by atoms with E-state index >= 15 is 0 Å². The highest BCUT2D eigenvalue weighted by atomic mass is 16.2. The number of hydrogen-bond donors (Lipinski definition) is 2. The van der Waals surface area contributed by atoms with E-state index in [1.54, 1.807) is 0 Å². The lowest BCUT2D eigenvalue weighted by Crippen LogP contribution is -2.40. The molecule has 2 heterocycles. The SMILES string of the molecule is CCN(CCN1CCNC1=O)CC1CCNCC1. The minimum Gasteiger partial charge on any atom is -0.336 e. The molecule has 2 fully saturated rings. The maximum atomic E-state index is 11.5. The highest BCUT2D eigenvalue weighted by Crippen LogP contribution is 2.13. The summed E-state index contributed by atoms with van der Waals surface area (Å²) in [5, 5.41) is 6.26. The molecule has 0 atom stereocenters. The fraction of sp³-hybridized carbons (Fsp3) is 0.923. The third kappa shape index (κ3) is 3.85. The molecule has 2 amide bonds. The summed E-state index contributed by atoms with van der Waals surface area (Å²) in [6, 6.07) is 0.105. The van der Waals surface area contributed by atoms with E-state index < -0.39 is 0 Å². The molecule has 2 N–H and O–H groups in total. The van der Waals surface area contributed by atoms with E-state index in [9.17, 15) is 4.79 Å². The van der Waals surface area contributed by atoms with Crippen molar-refractivity contribution in [3.8, 4) is 0 Å². The second kappa shape index (κ2) is 6.95. The van der Waals surface area contributed by atoms with Crippen LogP contribution >= 0.6 is 0 Å². The van der Waals surface area contributed by atoms with Gasteiger partial charge < -0.3 is 20.4 Å². The van der Waals surface area contributed by atoms with E-state index in [4.69, 9.17) is 0 Å². The van der Waals surface area contributed by atoms with Gasteiger partial charge in [-0.2, -0.15) is 0 Å². The van der Waals surface area contributed by atoms with Gasteiger partial charge in [0.15, 0.2) is 0 Å². The number of likely N-dealkylation sites (N-methyl/N-ethyl adjacent to an activating group) is 1. The first kappa shape index (κ1) is 13.6. The highest BCUT2D eigenvalue weighted by Gasteiger charge is 2.21. The van der Waals surface area contributed by atoms with Crippen LogP contribution in [0.15, 0.2) is 0 Å². The molecule has 0 saturated carbocycles. The second-order valence-electron chi connectivity index (χ2n) is 5.31. The third-order valence-electron chi connectivity index (χ3n) is 4.05. The molecular formula is C13H26N4O. The lowest BCUT2D eigenvalue weighted by atomic mass is 9.97. The van der Waals surface area contributed by atoms with Gasteiger partial charge in [0.05, 0.1) is 0 Å². The Labute approximate surface area is 110 Å². The summed E-state index contributed by atoms with van der Waals surface area (Å²) in [5.74, 6) is 0.832. The molecule has 2 saturated heterocycles. The number of carbonyl (C=O) groups excluding carboxylic acids is 1. The molecule has 18 heavy (non-hydrogen) atoms. The summed E-state index contributed by atoms with van der Waals surface area (Å²) < 4.78 is 0. The van der Waals surface area contributed by atoms with Crippen molar-refractivity contribution in [2.45, 2.75) is 19.8 Å². The average Bonchev–Trinajstić information content (AvgIpc) is 2.81. The molecule has 0 aromatic heterocycles. The molecule has 0 unspecified atom stereocenters. The van der Waals surface area contributed by atoms with Crippen LogP contribution in [-0.4, -0.2) is 68.2 Å². The summed E-state index contributed by atoms with van der Waals surface area (Å²) in [4.78, 5) is 15.9. The maximum absolute atomic E-state index is 11.5. The third-order valence-corrected chi connectivity index (χ3v) is 4.05. The van der Waals surface area contributed by atoms with E-state index in [2.05, 4.69) is 22.5 Å². The number of hydrogen-bond acceptors (Lipinski definition) is 3. The molecule has 0 bridgehead atoms. The zero-order valence-corrected chi connectivity index (χ0v) is 11.5. The first-order chi connectivity index (χ1) is 8.79. The molecular weight excluding hydrogens is 228 g/mol. The number of piperidine rings is 1. The first-order valence-corrected chi connectivity index (χ1v) is 7.25. The van der Waals surface area contributed by atoms with Crippen LogP contribution in [-0.2, 0) is 0 Å². The minimum absolute atomic E-state index is 0.105. The van der Waals surface area contributed by atoms with Crippen LogP contribution in [0.25, 0.3) is 0 Å². The summed E-state index contributed by atoms with van der Waals surface area (Å²) >= 11 is 0. The first-order valence-electron chi connectivity index (χ1n) is 7.25. The van der Waals surface area contributed by atoms with E-state index in [1.807, 2.05) is 4.90 Å². The molecule has 0 aliphatic carbocycles. The number of nitrogens with one attached hydrogen (secondary N) is 2. The van der Waals surface area contributed by atoms with Crippen LogP contribution < -0.4 is 10.6 Å². The molecule has 5 nitrogen and oxygen atoms in total. The molecule has 0 aromatic rings. The van der Waals surface area contributed by atoms with E-state index in [1.165, 1.54) is 19.4 Å². The predicted octanol–water partition coefficient (Wildman–Crippen LogP) is 0.333. The lowest BCUT2D eigenvalue weighted by Gasteiger charge is -2.30.